The van der Waals surface area contributed by atoms with E-state index in [2.05, 4.69) is 6.08 Å². The third-order valence-electron chi connectivity index (χ3n) is 8.34. The Labute approximate surface area is 240 Å². The summed E-state index contributed by atoms with van der Waals surface area (Å²) in [4.78, 5) is 31.3. The highest BCUT2D eigenvalue weighted by atomic mass is 16.7. The number of carbonyl (C=O) groups excluding carboxylic acids is 1. The van der Waals surface area contributed by atoms with Crippen molar-refractivity contribution in [3.8, 4) is 34.4 Å². The molecule has 0 spiro atoms. The molecule has 1 N–H and O–H groups in total. The fourth-order valence-electron chi connectivity index (χ4n) is 6.05. The molecule has 0 aliphatic carbocycles. The predicted molar refractivity (Wildman–Crippen MR) is 153 cm³/mol. The number of esters is 1. The fourth-order valence-corrected chi connectivity index (χ4v) is 6.05. The van der Waals surface area contributed by atoms with Crippen LogP contribution in [0.15, 0.2) is 47.3 Å². The lowest BCUT2D eigenvalue weighted by molar-refractivity contribution is -0.172. The van der Waals surface area contributed by atoms with Crippen LogP contribution in [0, 0.1) is 0 Å². The molecule has 42 heavy (non-hydrogen) atoms. The van der Waals surface area contributed by atoms with Gasteiger partial charge in [0.05, 0.1) is 43.2 Å². The van der Waals surface area contributed by atoms with Crippen LogP contribution in [0.5, 0.6) is 23.0 Å². The van der Waals surface area contributed by atoms with Crippen molar-refractivity contribution in [1.29, 1.82) is 0 Å². The van der Waals surface area contributed by atoms with E-state index in [1.54, 1.807) is 31.8 Å². The number of ether oxygens (including phenoxy) is 5. The Morgan fingerprint density at radius 1 is 1.02 bits per heavy atom. The maximum absolute atomic E-state index is 13.7. The number of aromatic nitrogens is 2. The average molecular weight is 569 g/mol. The smallest absolute Gasteiger partial charge is 0.343 e. The van der Waals surface area contributed by atoms with E-state index in [4.69, 9.17) is 28.7 Å². The van der Waals surface area contributed by atoms with Gasteiger partial charge in [-0.2, -0.15) is 0 Å². The van der Waals surface area contributed by atoms with Crippen molar-refractivity contribution in [2.24, 2.45) is 0 Å². The van der Waals surface area contributed by atoms with Crippen LogP contribution in [0.3, 0.4) is 0 Å². The van der Waals surface area contributed by atoms with Crippen LogP contribution in [0.1, 0.15) is 41.2 Å². The first-order chi connectivity index (χ1) is 20.4. The summed E-state index contributed by atoms with van der Waals surface area (Å²) < 4.78 is 29.0. The topological polar surface area (TPSA) is 118 Å². The van der Waals surface area contributed by atoms with Gasteiger partial charge in [0.25, 0.3) is 5.56 Å². The Bertz CT molecular complexity index is 1890. The molecule has 0 bridgehead atoms. The summed E-state index contributed by atoms with van der Waals surface area (Å²) in [5.41, 5.74) is 3.09. The molecule has 1 atom stereocenters. The van der Waals surface area contributed by atoms with E-state index in [1.807, 2.05) is 36.4 Å². The molecule has 2 aromatic heterocycles. The van der Waals surface area contributed by atoms with Gasteiger partial charge in [-0.05, 0) is 48.2 Å². The van der Waals surface area contributed by atoms with Gasteiger partial charge in [0, 0.05) is 22.6 Å². The van der Waals surface area contributed by atoms with Crippen LogP contribution < -0.4 is 24.5 Å². The lowest BCUT2D eigenvalue weighted by Gasteiger charge is -2.31. The normalized spacial score (nSPS) is 18.1. The maximum Gasteiger partial charge on any atom is 0.343 e. The zero-order chi connectivity index (χ0) is 29.2. The molecular weight excluding hydrogens is 540 g/mol. The average Bonchev–Trinajstić information content (AvgIpc) is 3.62. The third-order valence-corrected chi connectivity index (χ3v) is 8.34. The number of rotatable bonds is 6. The molecule has 10 nitrogen and oxygen atoms in total. The quantitative estimate of drug-likeness (QED) is 0.302. The molecule has 4 aromatic rings. The lowest BCUT2D eigenvalue weighted by atomic mass is 9.86. The fraction of sp³-hybridized carbons (Fsp3) is 0.281. The zero-order valence-corrected chi connectivity index (χ0v) is 23.4. The standard InChI is InChI=1S/C32H28N2O8/c1-4-32(37)22-12-24-29-20(14-34(24)30(35)21(22)15-40-31(32)36)18(19-11-27-28(42-16-41-27)13-23(19)33-29)7-5-6-17-8-9-25(38-2)26(10-17)39-3/h5-6,8-13,37H,4,7,14-16H2,1-3H3/b6-5+/t32-/m0/s1. The van der Waals surface area contributed by atoms with Crippen LogP contribution >= 0.6 is 0 Å². The van der Waals surface area contributed by atoms with E-state index < -0.39 is 11.6 Å². The minimum absolute atomic E-state index is 0.0788. The number of hydrogen-bond donors (Lipinski definition) is 1. The van der Waals surface area contributed by atoms with Gasteiger partial charge in [-0.15, -0.1) is 0 Å². The van der Waals surface area contributed by atoms with Crippen LogP contribution in [-0.2, 0) is 34.7 Å². The van der Waals surface area contributed by atoms with Crippen molar-refractivity contribution in [2.45, 2.75) is 38.5 Å². The molecule has 0 radical (unpaired) electrons. The number of nitrogens with zero attached hydrogens (tertiary/aromatic N) is 2. The van der Waals surface area contributed by atoms with Crippen LogP contribution in [0.4, 0.5) is 0 Å². The molecule has 5 heterocycles. The molecule has 3 aliphatic heterocycles. The number of benzene rings is 2. The van der Waals surface area contributed by atoms with Gasteiger partial charge in [0.2, 0.25) is 6.79 Å². The van der Waals surface area contributed by atoms with E-state index in [0.29, 0.717) is 52.9 Å². The van der Waals surface area contributed by atoms with Gasteiger partial charge in [-0.3, -0.25) is 4.79 Å². The second kappa shape index (κ2) is 9.63. The van der Waals surface area contributed by atoms with Gasteiger partial charge in [0.15, 0.2) is 28.6 Å². The molecule has 0 fully saturated rings. The monoisotopic (exact) mass is 568 g/mol. The summed E-state index contributed by atoms with van der Waals surface area (Å²) in [7, 11) is 3.20. The molecule has 3 aliphatic rings. The number of aliphatic hydroxyl groups is 1. The molecule has 0 amide bonds. The molecule has 10 heteroatoms. The summed E-state index contributed by atoms with van der Waals surface area (Å²) in [6.45, 7) is 1.94. The predicted octanol–water partition coefficient (Wildman–Crippen LogP) is 4.08. The Kier molecular flexibility index (Phi) is 5.98. The van der Waals surface area contributed by atoms with E-state index >= 15 is 0 Å². The molecule has 2 aromatic carbocycles. The van der Waals surface area contributed by atoms with Crippen LogP contribution in [-0.4, -0.2) is 41.6 Å². The first kappa shape index (κ1) is 26.1. The first-order valence-corrected chi connectivity index (χ1v) is 13.7. The number of hydrogen-bond acceptors (Lipinski definition) is 9. The van der Waals surface area contributed by atoms with Crippen molar-refractivity contribution in [3.63, 3.8) is 0 Å². The van der Waals surface area contributed by atoms with Gasteiger partial charge in [0.1, 0.15) is 6.61 Å². The number of pyridine rings is 2. The zero-order valence-electron chi connectivity index (χ0n) is 23.4. The van der Waals surface area contributed by atoms with Gasteiger partial charge in [-0.25, -0.2) is 9.78 Å². The van der Waals surface area contributed by atoms with Crippen LogP contribution in [0.25, 0.3) is 28.4 Å². The summed E-state index contributed by atoms with van der Waals surface area (Å²) in [6, 6.07) is 11.2. The second-order valence-electron chi connectivity index (χ2n) is 10.5. The molecular formula is C32H28N2O8. The SMILES string of the molecule is CC[C@@]1(O)C(=O)OCc2c1cc1n(c2=O)Cc2c-1nc1cc3c(cc1c2C/C=C/c1ccc(OC)c(OC)c1)OCO3. The second-order valence-corrected chi connectivity index (χ2v) is 10.5. The Morgan fingerprint density at radius 2 is 1.81 bits per heavy atom. The number of carbonyl (C=O) groups is 1. The van der Waals surface area contributed by atoms with E-state index in [0.717, 1.165) is 22.1 Å². The summed E-state index contributed by atoms with van der Waals surface area (Å²) >= 11 is 0. The van der Waals surface area contributed by atoms with E-state index in [-0.39, 0.29) is 36.5 Å². The van der Waals surface area contributed by atoms with Gasteiger partial charge < -0.3 is 33.4 Å². The number of fused-ring (bicyclic) bond motifs is 6. The molecule has 0 unspecified atom stereocenters. The highest BCUT2D eigenvalue weighted by Crippen LogP contribution is 2.43. The largest absolute Gasteiger partial charge is 0.493 e. The number of methoxy groups -OCH3 is 2. The summed E-state index contributed by atoms with van der Waals surface area (Å²) in [5, 5.41) is 12.1. The lowest BCUT2D eigenvalue weighted by Crippen LogP contribution is -2.44. The van der Waals surface area contributed by atoms with Crippen molar-refractivity contribution in [3.05, 3.63) is 80.6 Å². The van der Waals surface area contributed by atoms with Gasteiger partial charge >= 0.3 is 5.97 Å². The van der Waals surface area contributed by atoms with Crippen molar-refractivity contribution >= 4 is 22.9 Å². The minimum atomic E-state index is -1.89. The van der Waals surface area contributed by atoms with E-state index in [9.17, 15) is 14.7 Å². The third kappa shape index (κ3) is 3.78. The van der Waals surface area contributed by atoms with E-state index in [1.165, 1.54) is 0 Å². The molecule has 0 saturated carbocycles. The molecule has 0 saturated heterocycles. The maximum atomic E-state index is 13.7. The van der Waals surface area contributed by atoms with Crippen LogP contribution in [0.2, 0.25) is 0 Å². The van der Waals surface area contributed by atoms with Crippen molar-refractivity contribution in [2.75, 3.05) is 21.0 Å². The first-order valence-electron chi connectivity index (χ1n) is 13.7. The van der Waals surface area contributed by atoms with Crippen molar-refractivity contribution in [1.82, 2.24) is 9.55 Å². The molecule has 7 rings (SSSR count). The highest BCUT2D eigenvalue weighted by molar-refractivity contribution is 5.91. The summed E-state index contributed by atoms with van der Waals surface area (Å²) in [6.07, 6.45) is 4.68. The minimum Gasteiger partial charge on any atom is -0.493 e. The van der Waals surface area contributed by atoms with Crippen molar-refractivity contribution < 1.29 is 33.6 Å². The highest BCUT2D eigenvalue weighted by Gasteiger charge is 2.45. The Balaban J connectivity index is 1.38. The molecule has 214 valence electrons. The number of allylic oxidation sites excluding steroid dienone is 1. The Hall–Kier alpha value is -4.83. The number of cyclic esters (lactones) is 1. The summed E-state index contributed by atoms with van der Waals surface area (Å²) in [5.74, 6) is 1.78. The van der Waals surface area contributed by atoms with Gasteiger partial charge in [-0.1, -0.05) is 25.1 Å². The Morgan fingerprint density at radius 3 is 2.57 bits per heavy atom.